The van der Waals surface area contributed by atoms with Crippen LogP contribution in [0.25, 0.3) is 11.1 Å². The fourth-order valence-electron chi connectivity index (χ4n) is 3.21. The average Bonchev–Trinajstić information content (AvgIpc) is 2.56. The minimum absolute atomic E-state index is 0.534. The third-order valence-corrected chi connectivity index (χ3v) is 4.48. The number of hydrogen-bond donors (Lipinski definition) is 0. The average molecular weight is 306 g/mol. The first-order valence-corrected chi connectivity index (χ1v) is 8.99. The molecule has 0 bridgehead atoms. The standard InChI is InChI=1S/C23H30/c1-5-7-8-12-19-15-16-22(20(17-19)11-6-2)23-14-10-9-13-21(23)18(3)4/h6,9-10,13-18H,2,5,7-8,11-12H2,1,3-4H3. The van der Waals surface area contributed by atoms with Crippen molar-refractivity contribution >= 4 is 0 Å². The van der Waals surface area contributed by atoms with Crippen LogP contribution in [-0.4, -0.2) is 0 Å². The third-order valence-electron chi connectivity index (χ3n) is 4.48. The number of benzene rings is 2. The highest BCUT2D eigenvalue weighted by molar-refractivity contribution is 5.72. The van der Waals surface area contributed by atoms with E-state index in [2.05, 4.69) is 69.8 Å². The van der Waals surface area contributed by atoms with E-state index in [-0.39, 0.29) is 0 Å². The first-order valence-electron chi connectivity index (χ1n) is 8.99. The van der Waals surface area contributed by atoms with Gasteiger partial charge in [0.05, 0.1) is 0 Å². The second-order valence-electron chi connectivity index (χ2n) is 6.68. The summed E-state index contributed by atoms with van der Waals surface area (Å²) < 4.78 is 0. The Morgan fingerprint density at radius 1 is 1.00 bits per heavy atom. The van der Waals surface area contributed by atoms with Gasteiger partial charge in [0, 0.05) is 0 Å². The van der Waals surface area contributed by atoms with Gasteiger partial charge in [-0.1, -0.05) is 82.2 Å². The summed E-state index contributed by atoms with van der Waals surface area (Å²) in [6.07, 6.45) is 8.01. The molecule has 0 fully saturated rings. The molecular weight excluding hydrogens is 276 g/mol. The number of unbranched alkanes of at least 4 members (excludes halogenated alkanes) is 2. The third kappa shape index (κ3) is 4.58. The molecule has 0 aliphatic heterocycles. The molecular formula is C23H30. The topological polar surface area (TPSA) is 0 Å². The Labute approximate surface area is 142 Å². The van der Waals surface area contributed by atoms with E-state index in [1.165, 1.54) is 53.5 Å². The van der Waals surface area contributed by atoms with Gasteiger partial charge in [0.25, 0.3) is 0 Å². The van der Waals surface area contributed by atoms with Gasteiger partial charge in [0.1, 0.15) is 0 Å². The number of hydrogen-bond acceptors (Lipinski definition) is 0. The maximum Gasteiger partial charge on any atom is -0.00939 e. The van der Waals surface area contributed by atoms with Crippen molar-refractivity contribution in [1.29, 1.82) is 0 Å². The zero-order chi connectivity index (χ0) is 16.7. The first-order chi connectivity index (χ1) is 11.2. The maximum atomic E-state index is 3.95. The van der Waals surface area contributed by atoms with E-state index < -0.39 is 0 Å². The van der Waals surface area contributed by atoms with Crippen LogP contribution >= 0.6 is 0 Å². The minimum atomic E-state index is 0.534. The van der Waals surface area contributed by atoms with Crippen LogP contribution in [0.4, 0.5) is 0 Å². The fourth-order valence-corrected chi connectivity index (χ4v) is 3.21. The second-order valence-corrected chi connectivity index (χ2v) is 6.68. The molecule has 0 heterocycles. The van der Waals surface area contributed by atoms with Crippen molar-refractivity contribution in [1.82, 2.24) is 0 Å². The molecule has 0 atom stereocenters. The molecule has 0 unspecified atom stereocenters. The highest BCUT2D eigenvalue weighted by Gasteiger charge is 2.11. The number of allylic oxidation sites excluding steroid dienone is 1. The Kier molecular flexibility index (Phi) is 6.65. The normalized spacial score (nSPS) is 11.0. The van der Waals surface area contributed by atoms with Crippen LogP contribution in [0.1, 0.15) is 62.6 Å². The predicted molar refractivity (Wildman–Crippen MR) is 103 cm³/mol. The Hall–Kier alpha value is -1.82. The summed E-state index contributed by atoms with van der Waals surface area (Å²) in [5, 5.41) is 0. The van der Waals surface area contributed by atoms with Gasteiger partial charge in [-0.25, -0.2) is 0 Å². The van der Waals surface area contributed by atoms with Crippen molar-refractivity contribution in [2.45, 2.75) is 58.8 Å². The Morgan fingerprint density at radius 2 is 1.78 bits per heavy atom. The molecule has 0 aliphatic carbocycles. The van der Waals surface area contributed by atoms with Gasteiger partial charge >= 0.3 is 0 Å². The molecule has 0 amide bonds. The van der Waals surface area contributed by atoms with Crippen molar-refractivity contribution in [2.75, 3.05) is 0 Å². The molecule has 122 valence electrons. The van der Waals surface area contributed by atoms with E-state index in [9.17, 15) is 0 Å². The molecule has 0 aromatic heterocycles. The summed E-state index contributed by atoms with van der Waals surface area (Å²) in [5.74, 6) is 0.534. The zero-order valence-electron chi connectivity index (χ0n) is 14.9. The Bertz CT molecular complexity index is 634. The van der Waals surface area contributed by atoms with Crippen LogP contribution in [0.3, 0.4) is 0 Å². The van der Waals surface area contributed by atoms with Gasteiger partial charge in [0.2, 0.25) is 0 Å². The lowest BCUT2D eigenvalue weighted by Gasteiger charge is -2.17. The molecule has 2 rings (SSSR count). The van der Waals surface area contributed by atoms with Crippen molar-refractivity contribution < 1.29 is 0 Å². The molecule has 2 aromatic carbocycles. The van der Waals surface area contributed by atoms with Crippen LogP contribution in [0, 0.1) is 0 Å². The van der Waals surface area contributed by atoms with Crippen LogP contribution in [-0.2, 0) is 12.8 Å². The van der Waals surface area contributed by atoms with Crippen molar-refractivity contribution in [3.8, 4) is 11.1 Å². The highest BCUT2D eigenvalue weighted by atomic mass is 14.2. The van der Waals surface area contributed by atoms with Gasteiger partial charge < -0.3 is 0 Å². The minimum Gasteiger partial charge on any atom is -0.103 e. The molecule has 0 nitrogen and oxygen atoms in total. The molecule has 2 aromatic rings. The quantitative estimate of drug-likeness (QED) is 0.366. The van der Waals surface area contributed by atoms with Crippen molar-refractivity contribution in [2.24, 2.45) is 0 Å². The number of aryl methyl sites for hydroxylation is 1. The molecule has 0 radical (unpaired) electrons. The van der Waals surface area contributed by atoms with Gasteiger partial charge in [-0.2, -0.15) is 0 Å². The monoisotopic (exact) mass is 306 g/mol. The summed E-state index contributed by atoms with van der Waals surface area (Å²) in [4.78, 5) is 0. The summed E-state index contributed by atoms with van der Waals surface area (Å²) >= 11 is 0. The van der Waals surface area contributed by atoms with E-state index in [0.717, 1.165) is 6.42 Å². The van der Waals surface area contributed by atoms with Gasteiger partial charge in [0.15, 0.2) is 0 Å². The van der Waals surface area contributed by atoms with E-state index >= 15 is 0 Å². The smallest absolute Gasteiger partial charge is 0.00939 e. The molecule has 0 spiro atoms. The lowest BCUT2D eigenvalue weighted by Crippen LogP contribution is -1.97. The molecule has 0 saturated heterocycles. The number of rotatable bonds is 8. The maximum absolute atomic E-state index is 3.95. The summed E-state index contributed by atoms with van der Waals surface area (Å²) in [6, 6.07) is 15.8. The van der Waals surface area contributed by atoms with E-state index in [1.807, 2.05) is 6.08 Å². The molecule has 0 aliphatic rings. The SMILES string of the molecule is C=CCc1cc(CCCCC)ccc1-c1ccccc1C(C)C. The summed E-state index contributed by atoms with van der Waals surface area (Å²) in [7, 11) is 0. The predicted octanol–water partition coefficient (Wildman–Crippen LogP) is 6.94. The molecule has 23 heavy (non-hydrogen) atoms. The van der Waals surface area contributed by atoms with Crippen LogP contribution < -0.4 is 0 Å². The van der Waals surface area contributed by atoms with Gasteiger partial charge in [-0.15, -0.1) is 6.58 Å². The van der Waals surface area contributed by atoms with Gasteiger partial charge in [-0.3, -0.25) is 0 Å². The Balaban J connectivity index is 2.40. The zero-order valence-corrected chi connectivity index (χ0v) is 14.9. The van der Waals surface area contributed by atoms with Crippen molar-refractivity contribution in [3.63, 3.8) is 0 Å². The van der Waals surface area contributed by atoms with Crippen LogP contribution in [0.15, 0.2) is 55.1 Å². The molecule has 0 heteroatoms. The largest absolute Gasteiger partial charge is 0.103 e. The second kappa shape index (κ2) is 8.72. The summed E-state index contributed by atoms with van der Waals surface area (Å²) in [5.41, 5.74) is 7.03. The van der Waals surface area contributed by atoms with Gasteiger partial charge in [-0.05, 0) is 53.0 Å². The van der Waals surface area contributed by atoms with E-state index in [4.69, 9.17) is 0 Å². The molecule has 0 saturated carbocycles. The lowest BCUT2D eigenvalue weighted by molar-refractivity contribution is 0.717. The van der Waals surface area contributed by atoms with E-state index in [1.54, 1.807) is 0 Å². The Morgan fingerprint density at radius 3 is 2.48 bits per heavy atom. The highest BCUT2D eigenvalue weighted by Crippen LogP contribution is 2.32. The van der Waals surface area contributed by atoms with Crippen molar-refractivity contribution in [3.05, 3.63) is 71.8 Å². The van der Waals surface area contributed by atoms with Crippen LogP contribution in [0.2, 0.25) is 0 Å². The van der Waals surface area contributed by atoms with E-state index in [0.29, 0.717) is 5.92 Å². The van der Waals surface area contributed by atoms with Crippen LogP contribution in [0.5, 0.6) is 0 Å². The first kappa shape index (κ1) is 17.5. The lowest BCUT2D eigenvalue weighted by atomic mass is 9.88. The summed E-state index contributed by atoms with van der Waals surface area (Å²) in [6.45, 7) is 10.8. The molecule has 0 N–H and O–H groups in total. The fraction of sp³-hybridized carbons (Fsp3) is 0.391.